The molecular weight excluding hydrogens is 269 g/mol. The molecule has 2 heterocycles. The molecule has 0 saturated carbocycles. The molecule has 108 valence electrons. The summed E-state index contributed by atoms with van der Waals surface area (Å²) in [6.45, 7) is 6.28. The zero-order valence-electron chi connectivity index (χ0n) is 11.7. The maximum Gasteiger partial charge on any atom is 0.169 e. The molecule has 0 amide bonds. The van der Waals surface area contributed by atoms with Gasteiger partial charge in [-0.05, 0) is 19.1 Å². The van der Waals surface area contributed by atoms with Gasteiger partial charge < -0.3 is 9.73 Å². The minimum absolute atomic E-state index is 0.0242. The van der Waals surface area contributed by atoms with Crippen molar-refractivity contribution >= 4 is 17.2 Å². The molecule has 2 aromatic heterocycles. The third-order valence-electron chi connectivity index (χ3n) is 3.40. The maximum atomic E-state index is 13.6. The average molecular weight is 285 g/mol. The van der Waals surface area contributed by atoms with E-state index in [1.165, 1.54) is 6.07 Å². The summed E-state index contributed by atoms with van der Waals surface area (Å²) in [6.07, 6.45) is 5.31. The molecule has 0 bridgehead atoms. The Morgan fingerprint density at radius 2 is 2.38 bits per heavy atom. The topological polar surface area (TPSA) is 43.0 Å². The smallest absolute Gasteiger partial charge is 0.169 e. The lowest BCUT2D eigenvalue weighted by molar-refractivity contribution is 0.442. The van der Waals surface area contributed by atoms with Gasteiger partial charge in [-0.25, -0.2) is 9.07 Å². The third-order valence-corrected chi connectivity index (χ3v) is 3.40. The second-order valence-electron chi connectivity index (χ2n) is 4.92. The summed E-state index contributed by atoms with van der Waals surface area (Å²) in [7, 11) is 0. The van der Waals surface area contributed by atoms with Gasteiger partial charge in [0.25, 0.3) is 0 Å². The molecule has 1 N–H and O–H groups in total. The predicted octanol–water partition coefficient (Wildman–Crippen LogP) is 3.72. The summed E-state index contributed by atoms with van der Waals surface area (Å²) in [5.74, 6) is 0.379. The first-order valence-electron chi connectivity index (χ1n) is 6.74. The molecule has 3 rings (SSSR count). The average Bonchev–Trinajstić information content (AvgIpc) is 3.12. The lowest BCUT2D eigenvalue weighted by Gasteiger charge is -2.09. The number of nitrogens with zero attached hydrogens (tertiary/aromatic N) is 2. The molecule has 1 unspecified atom stereocenters. The molecule has 0 aliphatic rings. The van der Waals surface area contributed by atoms with Crippen molar-refractivity contribution in [3.05, 3.63) is 60.4 Å². The quantitative estimate of drug-likeness (QED) is 0.777. The molecule has 0 spiro atoms. The van der Waals surface area contributed by atoms with Crippen LogP contribution in [-0.2, 0) is 6.54 Å². The highest BCUT2D eigenvalue weighted by Gasteiger charge is 2.13. The molecular formula is C16H16FN3O. The van der Waals surface area contributed by atoms with Gasteiger partial charge in [0.05, 0.1) is 12.2 Å². The molecule has 0 saturated heterocycles. The molecule has 5 heteroatoms. The van der Waals surface area contributed by atoms with E-state index in [1.54, 1.807) is 23.1 Å². The molecule has 4 nitrogen and oxygen atoms in total. The first kappa shape index (κ1) is 13.6. The number of fused-ring (bicyclic) bond motifs is 1. The number of nitrogens with one attached hydrogen (secondary N) is 1. The van der Waals surface area contributed by atoms with E-state index in [-0.39, 0.29) is 11.9 Å². The van der Waals surface area contributed by atoms with Crippen molar-refractivity contribution in [3.8, 4) is 0 Å². The Balaban J connectivity index is 1.73. The zero-order chi connectivity index (χ0) is 14.8. The highest BCUT2D eigenvalue weighted by Crippen LogP contribution is 2.25. The molecule has 21 heavy (non-hydrogen) atoms. The van der Waals surface area contributed by atoms with Crippen molar-refractivity contribution in [3.63, 3.8) is 0 Å². The fraction of sp³-hybridized carbons (Fsp3) is 0.188. The van der Waals surface area contributed by atoms with Crippen LogP contribution in [-0.4, -0.2) is 9.78 Å². The van der Waals surface area contributed by atoms with Crippen LogP contribution in [0.25, 0.3) is 17.2 Å². The van der Waals surface area contributed by atoms with Gasteiger partial charge in [-0.2, -0.15) is 5.10 Å². The molecule has 0 aliphatic carbocycles. The first-order valence-corrected chi connectivity index (χ1v) is 6.74. The van der Waals surface area contributed by atoms with Crippen molar-refractivity contribution in [1.82, 2.24) is 15.1 Å². The summed E-state index contributed by atoms with van der Waals surface area (Å²) < 4.78 is 20.9. The van der Waals surface area contributed by atoms with Crippen LogP contribution in [0.5, 0.6) is 0 Å². The second-order valence-corrected chi connectivity index (χ2v) is 4.92. The van der Waals surface area contributed by atoms with Crippen LogP contribution in [0.2, 0.25) is 0 Å². The number of benzene rings is 1. The summed E-state index contributed by atoms with van der Waals surface area (Å²) >= 11 is 0. The van der Waals surface area contributed by atoms with E-state index < -0.39 is 0 Å². The third kappa shape index (κ3) is 2.73. The maximum absolute atomic E-state index is 13.6. The number of furan rings is 1. The van der Waals surface area contributed by atoms with E-state index in [9.17, 15) is 4.39 Å². The number of hydrogen-bond acceptors (Lipinski definition) is 3. The van der Waals surface area contributed by atoms with Crippen LogP contribution in [0.4, 0.5) is 4.39 Å². The van der Waals surface area contributed by atoms with Gasteiger partial charge in [-0.15, -0.1) is 0 Å². The van der Waals surface area contributed by atoms with E-state index in [1.807, 2.05) is 25.3 Å². The highest BCUT2D eigenvalue weighted by molar-refractivity contribution is 5.78. The molecule has 1 aromatic carbocycles. The van der Waals surface area contributed by atoms with Crippen molar-refractivity contribution in [1.29, 1.82) is 0 Å². The van der Waals surface area contributed by atoms with Crippen molar-refractivity contribution in [2.24, 2.45) is 0 Å². The fourth-order valence-electron chi connectivity index (χ4n) is 2.20. The zero-order valence-corrected chi connectivity index (χ0v) is 11.7. The summed E-state index contributed by atoms with van der Waals surface area (Å²) in [4.78, 5) is 0. The fourth-order valence-corrected chi connectivity index (χ4v) is 2.20. The Labute approximate surface area is 121 Å². The SMILES string of the molecule is C=Cn1cc(CNC(C)c2cc3cccc(F)c3o2)cn1. The number of halogens is 1. The molecule has 0 aliphatic heterocycles. The van der Waals surface area contributed by atoms with Gasteiger partial charge in [0.15, 0.2) is 11.4 Å². The van der Waals surface area contributed by atoms with Gasteiger partial charge in [-0.1, -0.05) is 18.7 Å². The summed E-state index contributed by atoms with van der Waals surface area (Å²) in [5.41, 5.74) is 1.35. The highest BCUT2D eigenvalue weighted by atomic mass is 19.1. The Hall–Kier alpha value is -2.40. The molecule has 0 radical (unpaired) electrons. The number of hydrogen-bond donors (Lipinski definition) is 1. The van der Waals surface area contributed by atoms with Crippen LogP contribution < -0.4 is 5.32 Å². The van der Waals surface area contributed by atoms with Crippen LogP contribution in [0.3, 0.4) is 0 Å². The van der Waals surface area contributed by atoms with E-state index in [0.717, 1.165) is 10.9 Å². The van der Waals surface area contributed by atoms with Gasteiger partial charge in [0, 0.05) is 29.9 Å². The monoisotopic (exact) mass is 285 g/mol. The van der Waals surface area contributed by atoms with E-state index in [4.69, 9.17) is 4.42 Å². The van der Waals surface area contributed by atoms with Crippen molar-refractivity contribution < 1.29 is 8.81 Å². The van der Waals surface area contributed by atoms with Crippen molar-refractivity contribution in [2.75, 3.05) is 0 Å². The largest absolute Gasteiger partial charge is 0.456 e. The van der Waals surface area contributed by atoms with Crippen molar-refractivity contribution in [2.45, 2.75) is 19.5 Å². The van der Waals surface area contributed by atoms with Gasteiger partial charge in [0.1, 0.15) is 5.76 Å². The number of aromatic nitrogens is 2. The van der Waals surface area contributed by atoms with Crippen LogP contribution >= 0.6 is 0 Å². The van der Waals surface area contributed by atoms with E-state index >= 15 is 0 Å². The van der Waals surface area contributed by atoms with E-state index in [0.29, 0.717) is 17.9 Å². The van der Waals surface area contributed by atoms with Gasteiger partial charge in [0.2, 0.25) is 0 Å². The molecule has 0 fully saturated rings. The summed E-state index contributed by atoms with van der Waals surface area (Å²) in [5, 5.41) is 8.22. The van der Waals surface area contributed by atoms with E-state index in [2.05, 4.69) is 17.0 Å². The van der Waals surface area contributed by atoms with Gasteiger partial charge in [-0.3, -0.25) is 0 Å². The van der Waals surface area contributed by atoms with Crippen LogP contribution in [0.1, 0.15) is 24.3 Å². The minimum Gasteiger partial charge on any atom is -0.456 e. The van der Waals surface area contributed by atoms with Crippen LogP contribution in [0, 0.1) is 5.82 Å². The Bertz CT molecular complexity index is 775. The van der Waals surface area contributed by atoms with Gasteiger partial charge >= 0.3 is 0 Å². The lowest BCUT2D eigenvalue weighted by Crippen LogP contribution is -2.17. The second kappa shape index (κ2) is 5.54. The Morgan fingerprint density at radius 1 is 1.52 bits per heavy atom. The Morgan fingerprint density at radius 3 is 3.10 bits per heavy atom. The lowest BCUT2D eigenvalue weighted by atomic mass is 10.2. The molecule has 3 aromatic rings. The summed E-state index contributed by atoms with van der Waals surface area (Å²) in [6, 6.07) is 6.76. The first-order chi connectivity index (χ1) is 10.2. The molecule has 1 atom stereocenters. The predicted molar refractivity (Wildman–Crippen MR) is 80.0 cm³/mol. The van der Waals surface area contributed by atoms with Crippen LogP contribution in [0.15, 0.2) is 47.7 Å². The standard InChI is InChI=1S/C16H16FN3O/c1-3-20-10-12(9-19-20)8-18-11(2)15-7-13-5-4-6-14(17)16(13)21-15/h3-7,9-11,18H,1,8H2,2H3. The normalized spacial score (nSPS) is 12.7. The minimum atomic E-state index is -0.335. The number of para-hydroxylation sites is 1. The Kier molecular flexibility index (Phi) is 3.58. The number of rotatable bonds is 5.